The van der Waals surface area contributed by atoms with Gasteiger partial charge in [0.15, 0.2) is 0 Å². The minimum absolute atomic E-state index is 0.116. The van der Waals surface area contributed by atoms with Crippen LogP contribution in [0.2, 0.25) is 0 Å². The van der Waals surface area contributed by atoms with Crippen LogP contribution < -0.4 is 15.0 Å². The van der Waals surface area contributed by atoms with E-state index in [0.29, 0.717) is 29.9 Å². The Kier molecular flexibility index (Phi) is 5.41. The quantitative estimate of drug-likeness (QED) is 0.649. The summed E-state index contributed by atoms with van der Waals surface area (Å²) in [5.74, 6) is 0.0341. The SMILES string of the molecule is COc1cc(-c2cn(C)c(=O)c3cnccc23)cc(OC)c1CC1C(C(=O)O)CN1C. The minimum Gasteiger partial charge on any atom is -0.496 e. The first-order valence-corrected chi connectivity index (χ1v) is 9.97. The first-order chi connectivity index (χ1) is 14.8. The van der Waals surface area contributed by atoms with Crippen LogP contribution in [-0.2, 0) is 18.3 Å². The molecule has 0 aliphatic carbocycles. The van der Waals surface area contributed by atoms with Crippen molar-refractivity contribution in [1.29, 1.82) is 0 Å². The van der Waals surface area contributed by atoms with Crippen LogP contribution in [0, 0.1) is 5.92 Å². The molecule has 4 rings (SSSR count). The van der Waals surface area contributed by atoms with Gasteiger partial charge >= 0.3 is 5.97 Å². The molecule has 162 valence electrons. The Balaban J connectivity index is 1.84. The molecule has 8 heteroatoms. The van der Waals surface area contributed by atoms with E-state index in [0.717, 1.165) is 22.1 Å². The number of benzene rings is 1. The van der Waals surface area contributed by atoms with Crippen molar-refractivity contribution >= 4 is 16.7 Å². The molecule has 2 atom stereocenters. The lowest BCUT2D eigenvalue weighted by atomic mass is 9.84. The first kappa shape index (κ1) is 20.9. The van der Waals surface area contributed by atoms with Crippen LogP contribution >= 0.6 is 0 Å². The third kappa shape index (κ3) is 3.53. The smallest absolute Gasteiger partial charge is 0.309 e. The summed E-state index contributed by atoms with van der Waals surface area (Å²) in [6, 6.07) is 5.51. The number of hydrogen-bond acceptors (Lipinski definition) is 6. The van der Waals surface area contributed by atoms with Crippen LogP contribution in [0.4, 0.5) is 0 Å². The van der Waals surface area contributed by atoms with Crippen molar-refractivity contribution in [2.24, 2.45) is 13.0 Å². The van der Waals surface area contributed by atoms with Gasteiger partial charge in [-0.1, -0.05) is 0 Å². The van der Waals surface area contributed by atoms with Gasteiger partial charge in [-0.15, -0.1) is 0 Å². The minimum atomic E-state index is -0.789. The number of aromatic nitrogens is 2. The van der Waals surface area contributed by atoms with Crippen LogP contribution in [0.15, 0.2) is 41.6 Å². The number of pyridine rings is 2. The number of carboxylic acids is 1. The van der Waals surface area contributed by atoms with Gasteiger partial charge in [0.05, 0.1) is 25.5 Å². The fraction of sp³-hybridized carbons (Fsp3) is 0.348. The molecule has 0 radical (unpaired) electrons. The Hall–Kier alpha value is -3.39. The second-order valence-electron chi connectivity index (χ2n) is 7.90. The van der Waals surface area contributed by atoms with Crippen LogP contribution in [0.5, 0.6) is 11.5 Å². The molecule has 1 fully saturated rings. The highest BCUT2D eigenvalue weighted by atomic mass is 16.5. The summed E-state index contributed by atoms with van der Waals surface area (Å²) < 4.78 is 12.9. The number of fused-ring (bicyclic) bond motifs is 1. The van der Waals surface area contributed by atoms with Crippen LogP contribution in [0.3, 0.4) is 0 Å². The maximum atomic E-state index is 12.5. The van der Waals surface area contributed by atoms with Gasteiger partial charge < -0.3 is 24.0 Å². The molecule has 3 heterocycles. The maximum absolute atomic E-state index is 12.5. The number of methoxy groups -OCH3 is 2. The third-order valence-corrected chi connectivity index (χ3v) is 6.15. The second kappa shape index (κ2) is 8.03. The molecular weight excluding hydrogens is 398 g/mol. The molecule has 1 saturated heterocycles. The van der Waals surface area contributed by atoms with Crippen molar-refractivity contribution in [3.63, 3.8) is 0 Å². The number of carbonyl (C=O) groups is 1. The van der Waals surface area contributed by atoms with Crippen LogP contribution in [-0.4, -0.2) is 59.4 Å². The van der Waals surface area contributed by atoms with Crippen molar-refractivity contribution in [3.05, 3.63) is 52.7 Å². The largest absolute Gasteiger partial charge is 0.496 e. The summed E-state index contributed by atoms with van der Waals surface area (Å²) in [6.45, 7) is 0.529. The fourth-order valence-electron chi connectivity index (χ4n) is 4.37. The average molecular weight is 423 g/mol. The predicted octanol–water partition coefficient (Wildman–Crippen LogP) is 2.17. The zero-order valence-electron chi connectivity index (χ0n) is 18.0. The van der Waals surface area contributed by atoms with Crippen molar-refractivity contribution in [2.75, 3.05) is 27.8 Å². The van der Waals surface area contributed by atoms with E-state index in [1.807, 2.05) is 30.1 Å². The van der Waals surface area contributed by atoms with E-state index in [1.54, 1.807) is 39.9 Å². The van der Waals surface area contributed by atoms with Crippen molar-refractivity contribution in [1.82, 2.24) is 14.5 Å². The highest BCUT2D eigenvalue weighted by Crippen LogP contribution is 2.39. The van der Waals surface area contributed by atoms with Crippen LogP contribution in [0.1, 0.15) is 5.56 Å². The van der Waals surface area contributed by atoms with Gasteiger partial charge in [0.2, 0.25) is 0 Å². The number of carboxylic acid groups (broad SMARTS) is 1. The summed E-state index contributed by atoms with van der Waals surface area (Å²) >= 11 is 0. The predicted molar refractivity (Wildman–Crippen MR) is 117 cm³/mol. The van der Waals surface area contributed by atoms with E-state index < -0.39 is 11.9 Å². The standard InChI is InChI=1S/C23H25N3O5/c1-25-12-18(23(28)29)19(25)9-15-20(30-3)7-13(8-21(15)31-4)17-11-26(2)22(27)16-10-24-6-5-14(16)17/h5-8,10-11,18-19H,9,12H2,1-4H3,(H,28,29). The van der Waals surface area contributed by atoms with Gasteiger partial charge in [-0.2, -0.15) is 0 Å². The average Bonchev–Trinajstić information content (AvgIpc) is 2.77. The topological polar surface area (TPSA) is 93.9 Å². The van der Waals surface area contributed by atoms with E-state index in [4.69, 9.17) is 9.47 Å². The highest BCUT2D eigenvalue weighted by Gasteiger charge is 2.42. The number of ether oxygens (including phenoxy) is 2. The van der Waals surface area contributed by atoms with E-state index in [1.165, 1.54) is 4.57 Å². The number of rotatable bonds is 6. The normalized spacial score (nSPS) is 18.6. The molecule has 2 aromatic heterocycles. The van der Waals surface area contributed by atoms with Gasteiger partial charge in [0.25, 0.3) is 5.56 Å². The molecule has 0 bridgehead atoms. The Bertz CT molecular complexity index is 1190. The molecule has 2 unspecified atom stereocenters. The molecule has 0 spiro atoms. The van der Waals surface area contributed by atoms with E-state index in [2.05, 4.69) is 4.98 Å². The molecule has 3 aromatic rings. The highest BCUT2D eigenvalue weighted by molar-refractivity contribution is 5.95. The lowest BCUT2D eigenvalue weighted by Crippen LogP contribution is -2.58. The molecule has 0 amide bonds. The summed E-state index contributed by atoms with van der Waals surface area (Å²) in [5, 5.41) is 10.8. The van der Waals surface area contributed by atoms with E-state index >= 15 is 0 Å². The Morgan fingerprint density at radius 3 is 2.45 bits per heavy atom. The fourth-order valence-corrected chi connectivity index (χ4v) is 4.37. The Labute approximate surface area is 179 Å². The number of hydrogen-bond donors (Lipinski definition) is 1. The molecule has 1 aliphatic rings. The molecule has 1 aliphatic heterocycles. The zero-order valence-corrected chi connectivity index (χ0v) is 18.0. The lowest BCUT2D eigenvalue weighted by Gasteiger charge is -2.44. The van der Waals surface area contributed by atoms with Gasteiger partial charge in [-0.05, 0) is 42.6 Å². The molecule has 8 nitrogen and oxygen atoms in total. The molecule has 31 heavy (non-hydrogen) atoms. The monoisotopic (exact) mass is 423 g/mol. The Morgan fingerprint density at radius 1 is 1.19 bits per heavy atom. The molecular formula is C23H25N3O5. The van der Waals surface area contributed by atoms with Crippen molar-refractivity contribution < 1.29 is 19.4 Å². The van der Waals surface area contributed by atoms with Crippen molar-refractivity contribution in [3.8, 4) is 22.6 Å². The number of aliphatic carboxylic acids is 1. The first-order valence-electron chi connectivity index (χ1n) is 9.97. The van der Waals surface area contributed by atoms with Crippen molar-refractivity contribution in [2.45, 2.75) is 12.5 Å². The number of likely N-dealkylation sites (N-methyl/N-ethyl adjacent to an activating group) is 1. The van der Waals surface area contributed by atoms with E-state index in [-0.39, 0.29) is 11.6 Å². The van der Waals surface area contributed by atoms with Gasteiger partial charge in [-0.3, -0.25) is 14.6 Å². The zero-order chi connectivity index (χ0) is 22.3. The van der Waals surface area contributed by atoms with Gasteiger partial charge in [0, 0.05) is 49.4 Å². The molecule has 0 saturated carbocycles. The summed E-state index contributed by atoms with van der Waals surface area (Å²) in [5.41, 5.74) is 2.40. The van der Waals surface area contributed by atoms with Crippen LogP contribution in [0.25, 0.3) is 21.9 Å². The lowest BCUT2D eigenvalue weighted by molar-refractivity contribution is -0.151. The van der Waals surface area contributed by atoms with E-state index in [9.17, 15) is 14.7 Å². The maximum Gasteiger partial charge on any atom is 0.309 e. The summed E-state index contributed by atoms with van der Waals surface area (Å²) in [4.78, 5) is 30.2. The van der Waals surface area contributed by atoms with Gasteiger partial charge in [-0.25, -0.2) is 0 Å². The Morgan fingerprint density at radius 2 is 1.87 bits per heavy atom. The number of likely N-dealkylation sites (tertiary alicyclic amines) is 1. The number of nitrogens with zero attached hydrogens (tertiary/aromatic N) is 3. The second-order valence-corrected chi connectivity index (χ2v) is 7.90. The van der Waals surface area contributed by atoms with Gasteiger partial charge in [0.1, 0.15) is 11.5 Å². The molecule has 1 N–H and O–H groups in total. The summed E-state index contributed by atoms with van der Waals surface area (Å²) in [6.07, 6.45) is 5.52. The number of aryl methyl sites for hydroxylation is 1. The third-order valence-electron chi connectivity index (χ3n) is 6.15. The summed E-state index contributed by atoms with van der Waals surface area (Å²) in [7, 11) is 6.80. The molecule has 1 aromatic carbocycles.